The minimum Gasteiger partial charge on any atom is -0.447 e. The van der Waals surface area contributed by atoms with Crippen LogP contribution < -0.4 is 5.32 Å². The molecule has 5 rings (SSSR count). The molecular weight excluding hydrogens is 389 g/mol. The van der Waals surface area contributed by atoms with Crippen LogP contribution in [0.3, 0.4) is 0 Å². The second-order valence-electron chi connectivity index (χ2n) is 8.99. The predicted molar refractivity (Wildman–Crippen MR) is 93.9 cm³/mol. The number of amides is 3. The highest BCUT2D eigenvalue weighted by molar-refractivity contribution is 5.78. The number of ether oxygens (including phenoxy) is 1. The maximum atomic E-state index is 12.6. The Morgan fingerprint density at radius 2 is 1.90 bits per heavy atom. The summed E-state index contributed by atoms with van der Waals surface area (Å²) in [6.45, 7) is 2.69. The number of hydrogen-bond acceptors (Lipinski definition) is 4. The van der Waals surface area contributed by atoms with Crippen molar-refractivity contribution in [1.82, 2.24) is 20.1 Å². The Bertz CT molecular complexity index is 837. The fraction of sp³-hybridized carbons (Fsp3) is 0.632. The average molecular weight is 410 g/mol. The SMILES string of the molecule is O=C1NC2(CO1)CN(C(=O)N1CC3(CC(Cc4ccc(C(F)(F)F)cn4)C3)C1)C2. The van der Waals surface area contributed by atoms with Crippen molar-refractivity contribution < 1.29 is 27.5 Å². The van der Waals surface area contributed by atoms with E-state index < -0.39 is 23.4 Å². The first-order valence-electron chi connectivity index (χ1n) is 9.66. The average Bonchev–Trinajstić information content (AvgIpc) is 2.96. The zero-order valence-electron chi connectivity index (χ0n) is 15.7. The number of aromatic nitrogens is 1. The molecule has 4 fully saturated rings. The van der Waals surface area contributed by atoms with E-state index in [0.717, 1.165) is 38.2 Å². The quantitative estimate of drug-likeness (QED) is 0.812. The topological polar surface area (TPSA) is 74.8 Å². The lowest BCUT2D eigenvalue weighted by Gasteiger charge is -2.60. The van der Waals surface area contributed by atoms with E-state index >= 15 is 0 Å². The van der Waals surface area contributed by atoms with Crippen molar-refractivity contribution in [2.45, 2.75) is 31.0 Å². The van der Waals surface area contributed by atoms with Crippen LogP contribution in [0.4, 0.5) is 22.8 Å². The third-order valence-electron chi connectivity index (χ3n) is 6.52. The number of likely N-dealkylation sites (tertiary alicyclic amines) is 2. The van der Waals surface area contributed by atoms with Gasteiger partial charge in [0.05, 0.1) is 18.7 Å². The summed E-state index contributed by atoms with van der Waals surface area (Å²) in [6, 6.07) is 2.53. The Hall–Kier alpha value is -2.52. The molecule has 3 saturated heterocycles. The zero-order valence-corrected chi connectivity index (χ0v) is 15.7. The van der Waals surface area contributed by atoms with Crippen LogP contribution in [0.25, 0.3) is 0 Å². The largest absolute Gasteiger partial charge is 0.447 e. The van der Waals surface area contributed by atoms with Gasteiger partial charge in [0.15, 0.2) is 0 Å². The van der Waals surface area contributed by atoms with Gasteiger partial charge in [-0.25, -0.2) is 9.59 Å². The molecular formula is C19H21F3N4O3. The molecule has 1 aromatic heterocycles. The molecule has 29 heavy (non-hydrogen) atoms. The number of nitrogens with zero attached hydrogens (tertiary/aromatic N) is 3. The van der Waals surface area contributed by atoms with E-state index in [1.807, 2.05) is 4.90 Å². The lowest BCUT2D eigenvalue weighted by molar-refractivity contribution is -0.137. The van der Waals surface area contributed by atoms with E-state index in [9.17, 15) is 22.8 Å². The number of halogens is 3. The third kappa shape index (κ3) is 3.18. The van der Waals surface area contributed by atoms with E-state index in [2.05, 4.69) is 10.3 Å². The summed E-state index contributed by atoms with van der Waals surface area (Å²) in [5.41, 5.74) is -0.307. The number of rotatable bonds is 2. The summed E-state index contributed by atoms with van der Waals surface area (Å²) >= 11 is 0. The van der Waals surface area contributed by atoms with Gasteiger partial charge in [0.1, 0.15) is 12.1 Å². The van der Waals surface area contributed by atoms with Gasteiger partial charge in [-0.1, -0.05) is 0 Å². The predicted octanol–water partition coefficient (Wildman–Crippen LogP) is 2.27. The van der Waals surface area contributed by atoms with Gasteiger partial charge >= 0.3 is 18.3 Å². The maximum absolute atomic E-state index is 12.6. The number of carbonyl (C=O) groups excluding carboxylic acids is 2. The summed E-state index contributed by atoms with van der Waals surface area (Å²) in [5, 5.41) is 2.76. The second-order valence-corrected chi connectivity index (χ2v) is 8.99. The smallest absolute Gasteiger partial charge is 0.417 e. The highest BCUT2D eigenvalue weighted by Crippen LogP contribution is 2.53. The fourth-order valence-corrected chi connectivity index (χ4v) is 5.16. The molecule has 3 aliphatic heterocycles. The van der Waals surface area contributed by atoms with Crippen molar-refractivity contribution in [3.63, 3.8) is 0 Å². The van der Waals surface area contributed by atoms with Gasteiger partial charge in [0.25, 0.3) is 0 Å². The van der Waals surface area contributed by atoms with Gasteiger partial charge in [-0.2, -0.15) is 13.2 Å². The summed E-state index contributed by atoms with van der Waals surface area (Å²) in [7, 11) is 0. The molecule has 2 spiro atoms. The Labute approximate surface area is 165 Å². The van der Waals surface area contributed by atoms with Crippen LogP contribution in [0, 0.1) is 11.3 Å². The van der Waals surface area contributed by atoms with Gasteiger partial charge in [-0.05, 0) is 37.3 Å². The van der Waals surface area contributed by atoms with Gasteiger partial charge in [-0.3, -0.25) is 4.98 Å². The van der Waals surface area contributed by atoms with Crippen molar-refractivity contribution in [3.05, 3.63) is 29.6 Å². The zero-order chi connectivity index (χ0) is 20.4. The highest BCUT2D eigenvalue weighted by atomic mass is 19.4. The normalized spacial score (nSPS) is 24.6. The Balaban J connectivity index is 1.06. The summed E-state index contributed by atoms with van der Waals surface area (Å²) in [6.07, 6.45) is -1.29. The maximum Gasteiger partial charge on any atom is 0.417 e. The summed E-state index contributed by atoms with van der Waals surface area (Å²) in [5.74, 6) is 0.398. The number of urea groups is 1. The molecule has 1 saturated carbocycles. The van der Waals surface area contributed by atoms with E-state index in [0.29, 0.717) is 37.7 Å². The molecule has 0 atom stereocenters. The molecule has 0 aromatic carbocycles. The number of alkyl halides is 3. The number of alkyl carbamates (subject to hydrolysis) is 1. The van der Waals surface area contributed by atoms with Crippen LogP contribution in [0.5, 0.6) is 0 Å². The van der Waals surface area contributed by atoms with Crippen molar-refractivity contribution in [2.75, 3.05) is 32.8 Å². The molecule has 0 bridgehead atoms. The van der Waals surface area contributed by atoms with Crippen molar-refractivity contribution in [3.8, 4) is 0 Å². The van der Waals surface area contributed by atoms with E-state index in [1.165, 1.54) is 6.07 Å². The number of carbonyl (C=O) groups is 2. The molecule has 7 nitrogen and oxygen atoms in total. The van der Waals surface area contributed by atoms with Crippen LogP contribution in [-0.2, 0) is 17.3 Å². The first-order valence-corrected chi connectivity index (χ1v) is 9.66. The Morgan fingerprint density at radius 1 is 1.21 bits per heavy atom. The lowest BCUT2D eigenvalue weighted by atomic mass is 9.57. The highest BCUT2D eigenvalue weighted by Gasteiger charge is 2.57. The number of cyclic esters (lactones) is 1. The Kier molecular flexibility index (Phi) is 3.82. The fourth-order valence-electron chi connectivity index (χ4n) is 5.16. The standard InChI is InChI=1S/C19H21F3N4O3/c20-19(21,22)13-1-2-14(23-6-13)3-12-4-17(5-12)7-25(8-17)16(28)26-9-18(10-26)11-29-15(27)24-18/h1-2,6,12H,3-5,7-11H2,(H,24,27). The molecule has 3 amide bonds. The van der Waals surface area contributed by atoms with Crippen LogP contribution >= 0.6 is 0 Å². The van der Waals surface area contributed by atoms with Gasteiger partial charge in [0.2, 0.25) is 0 Å². The van der Waals surface area contributed by atoms with Crippen molar-refractivity contribution in [2.24, 2.45) is 11.3 Å². The Morgan fingerprint density at radius 3 is 2.45 bits per heavy atom. The second kappa shape index (κ2) is 5.99. The molecule has 1 aromatic rings. The van der Waals surface area contributed by atoms with Crippen molar-refractivity contribution >= 4 is 12.1 Å². The van der Waals surface area contributed by atoms with Gasteiger partial charge < -0.3 is 19.9 Å². The number of hydrogen-bond donors (Lipinski definition) is 1. The minimum absolute atomic E-state index is 0.00439. The van der Waals surface area contributed by atoms with Crippen molar-refractivity contribution in [1.29, 1.82) is 0 Å². The molecule has 1 N–H and O–H groups in total. The molecule has 1 aliphatic carbocycles. The minimum atomic E-state index is -4.36. The lowest BCUT2D eigenvalue weighted by Crippen LogP contribution is -2.74. The summed E-state index contributed by atoms with van der Waals surface area (Å²) < 4.78 is 42.7. The molecule has 10 heteroatoms. The molecule has 0 radical (unpaired) electrons. The molecule has 4 aliphatic rings. The summed E-state index contributed by atoms with van der Waals surface area (Å²) in [4.78, 5) is 31.2. The number of nitrogens with one attached hydrogen (secondary N) is 1. The monoisotopic (exact) mass is 410 g/mol. The first kappa shape index (κ1) is 18.5. The van der Waals surface area contributed by atoms with Crippen LogP contribution in [0.1, 0.15) is 24.1 Å². The van der Waals surface area contributed by atoms with Crippen LogP contribution in [0.2, 0.25) is 0 Å². The van der Waals surface area contributed by atoms with Crippen LogP contribution in [0.15, 0.2) is 18.3 Å². The first-order chi connectivity index (χ1) is 13.7. The van der Waals surface area contributed by atoms with E-state index in [-0.39, 0.29) is 11.4 Å². The van der Waals surface area contributed by atoms with Gasteiger partial charge in [0, 0.05) is 30.4 Å². The third-order valence-corrected chi connectivity index (χ3v) is 6.52. The van der Waals surface area contributed by atoms with Gasteiger partial charge in [-0.15, -0.1) is 0 Å². The number of pyridine rings is 1. The van der Waals surface area contributed by atoms with Crippen LogP contribution in [-0.4, -0.2) is 65.2 Å². The molecule has 0 unspecified atom stereocenters. The molecule has 4 heterocycles. The van der Waals surface area contributed by atoms with E-state index in [1.54, 1.807) is 4.90 Å². The molecule has 156 valence electrons. The van der Waals surface area contributed by atoms with E-state index in [4.69, 9.17) is 4.74 Å².